The zero-order valence-electron chi connectivity index (χ0n) is 41.9. The number of hydrogen-bond acceptors (Lipinski definition) is 15. The number of unbranched alkanes of at least 4 members (excludes halogenated alkanes) is 15. The molecule has 6 atom stereocenters. The molecule has 396 valence electrons. The van der Waals surface area contributed by atoms with E-state index < -0.39 is 30.5 Å². The van der Waals surface area contributed by atoms with Crippen molar-refractivity contribution in [3.63, 3.8) is 0 Å². The summed E-state index contributed by atoms with van der Waals surface area (Å²) in [4.78, 5) is 23.1. The zero-order valence-corrected chi connectivity index (χ0v) is 41.9. The summed E-state index contributed by atoms with van der Waals surface area (Å²) in [5.74, 6) is -0.409. The summed E-state index contributed by atoms with van der Waals surface area (Å²) >= 11 is 0. The Morgan fingerprint density at radius 2 is 0.652 bits per heavy atom. The third-order valence-corrected chi connectivity index (χ3v) is 11.5. The second-order valence-electron chi connectivity index (χ2n) is 17.7. The molecule has 15 nitrogen and oxygen atoms in total. The van der Waals surface area contributed by atoms with E-state index in [0.29, 0.717) is 84.2 Å². The molecule has 0 spiro atoms. The van der Waals surface area contributed by atoms with Crippen molar-refractivity contribution in [2.75, 3.05) is 66.1 Å². The van der Waals surface area contributed by atoms with E-state index in [2.05, 4.69) is 13.8 Å². The molecule has 0 aromatic rings. The van der Waals surface area contributed by atoms with Crippen LogP contribution in [0.4, 0.5) is 0 Å². The Kier molecular flexibility index (Phi) is 53.3. The highest BCUT2D eigenvalue weighted by molar-refractivity contribution is 5.69. The number of carbonyl (C=O) groups is 2. The molecule has 0 aromatic heterocycles. The highest BCUT2D eigenvalue weighted by Gasteiger charge is 2.28. The highest BCUT2D eigenvalue weighted by atomic mass is 16.5. The Labute approximate surface area is 400 Å². The molecule has 0 radical (unpaired) electrons. The number of carbonyl (C=O) groups excluding carboxylic acids is 2. The maximum absolute atomic E-state index is 11.6. The van der Waals surface area contributed by atoms with Crippen molar-refractivity contribution >= 4 is 11.9 Å². The SMILES string of the molecule is CCCCCC(O)C(CC(O)C(CCCCCCCC(=O)OCCCO)OCCCO)OCCCO.CCCCCCCCC(OCCCO)C(O)CCCCCCCC(=O)OCCCO. The minimum Gasteiger partial charge on any atom is -0.466 e. The average Bonchev–Trinajstić information content (AvgIpc) is 3.30. The first kappa shape index (κ1) is 66.6. The Balaban J connectivity index is 0. The van der Waals surface area contributed by atoms with Gasteiger partial charge in [0.15, 0.2) is 0 Å². The summed E-state index contributed by atoms with van der Waals surface area (Å²) in [6.45, 7) is 6.28. The standard InChI is InChI=1S/C27H54O9.C24H48O6/c1-2-3-7-13-23(31)26(35-20-11-17-29)22-24(32)25(34-19-10-16-28)14-8-5-4-6-9-15-27(33)36-21-12-18-30;1-2-3-4-5-8-11-16-23(29-20-13-18-25)22(27)15-10-7-6-9-12-17-24(28)30-21-14-19-26/h23-26,28-32H,2-22H2,1H3;22-23,25-27H,2-21H2,1H3. The lowest BCUT2D eigenvalue weighted by molar-refractivity contribution is -0.145. The van der Waals surface area contributed by atoms with Crippen molar-refractivity contribution in [2.45, 2.75) is 250 Å². The molecule has 0 aliphatic heterocycles. The van der Waals surface area contributed by atoms with Crippen molar-refractivity contribution in [2.24, 2.45) is 0 Å². The Morgan fingerprint density at radius 1 is 0.348 bits per heavy atom. The van der Waals surface area contributed by atoms with Crippen LogP contribution in [0.3, 0.4) is 0 Å². The highest BCUT2D eigenvalue weighted by Crippen LogP contribution is 2.22. The molecule has 0 heterocycles. The average molecular weight is 955 g/mol. The smallest absolute Gasteiger partial charge is 0.305 e. The second-order valence-corrected chi connectivity index (χ2v) is 17.7. The number of aliphatic hydroxyl groups excluding tert-OH is 8. The van der Waals surface area contributed by atoms with E-state index in [9.17, 15) is 24.9 Å². The van der Waals surface area contributed by atoms with Gasteiger partial charge >= 0.3 is 11.9 Å². The molecule has 6 unspecified atom stereocenters. The van der Waals surface area contributed by atoms with Crippen LogP contribution >= 0.6 is 0 Å². The first-order valence-electron chi connectivity index (χ1n) is 26.4. The molecule has 0 aliphatic rings. The van der Waals surface area contributed by atoms with Gasteiger partial charge in [0.2, 0.25) is 0 Å². The van der Waals surface area contributed by atoms with Crippen LogP contribution in [0, 0.1) is 0 Å². The van der Waals surface area contributed by atoms with E-state index >= 15 is 0 Å². The molecule has 0 aliphatic carbocycles. The molecule has 0 fully saturated rings. The van der Waals surface area contributed by atoms with Gasteiger partial charge in [-0.25, -0.2) is 0 Å². The number of rotatable bonds is 50. The summed E-state index contributed by atoms with van der Waals surface area (Å²) in [5.41, 5.74) is 0. The van der Waals surface area contributed by atoms with E-state index in [-0.39, 0.29) is 64.1 Å². The minimum atomic E-state index is -0.808. The maximum Gasteiger partial charge on any atom is 0.305 e. The third kappa shape index (κ3) is 45.0. The zero-order chi connectivity index (χ0) is 49.1. The summed E-state index contributed by atoms with van der Waals surface area (Å²) in [5, 5.41) is 76.7. The van der Waals surface area contributed by atoms with E-state index in [1.54, 1.807) is 0 Å². The Morgan fingerprint density at radius 3 is 1.08 bits per heavy atom. The normalized spacial score (nSPS) is 14.2. The molecule has 0 rings (SSSR count). The summed E-state index contributed by atoms with van der Waals surface area (Å²) in [7, 11) is 0. The van der Waals surface area contributed by atoms with Crippen LogP contribution in [0.25, 0.3) is 0 Å². The van der Waals surface area contributed by atoms with Gasteiger partial charge in [0, 0.05) is 85.0 Å². The molecular formula is C51H102O15. The van der Waals surface area contributed by atoms with Crippen LogP contribution < -0.4 is 0 Å². The summed E-state index contributed by atoms with van der Waals surface area (Å²) < 4.78 is 27.6. The second kappa shape index (κ2) is 52.9. The van der Waals surface area contributed by atoms with E-state index in [4.69, 9.17) is 49.2 Å². The van der Waals surface area contributed by atoms with Gasteiger partial charge in [0.1, 0.15) is 0 Å². The van der Waals surface area contributed by atoms with Gasteiger partial charge in [-0.2, -0.15) is 0 Å². The van der Waals surface area contributed by atoms with E-state index in [1.807, 2.05) is 0 Å². The van der Waals surface area contributed by atoms with Crippen molar-refractivity contribution in [1.29, 1.82) is 0 Å². The molecule has 0 aromatic carbocycles. The van der Waals surface area contributed by atoms with Gasteiger partial charge in [0.25, 0.3) is 0 Å². The first-order chi connectivity index (χ1) is 32.1. The lowest BCUT2D eigenvalue weighted by atomic mass is 9.96. The lowest BCUT2D eigenvalue weighted by Gasteiger charge is -2.30. The van der Waals surface area contributed by atoms with Gasteiger partial charge in [-0.05, 0) is 57.8 Å². The van der Waals surface area contributed by atoms with Gasteiger partial charge in [-0.3, -0.25) is 9.59 Å². The number of esters is 2. The molecule has 8 N–H and O–H groups in total. The quantitative estimate of drug-likeness (QED) is 0.0219. The maximum atomic E-state index is 11.6. The number of hydrogen-bond donors (Lipinski definition) is 8. The van der Waals surface area contributed by atoms with Crippen LogP contribution in [-0.2, 0) is 33.3 Å². The van der Waals surface area contributed by atoms with Gasteiger partial charge in [-0.15, -0.1) is 0 Å². The Hall–Kier alpha value is -1.50. The topological polar surface area (TPSA) is 242 Å². The predicted molar refractivity (Wildman–Crippen MR) is 259 cm³/mol. The van der Waals surface area contributed by atoms with Crippen molar-refractivity contribution in [3.8, 4) is 0 Å². The van der Waals surface area contributed by atoms with Gasteiger partial charge < -0.3 is 64.5 Å². The first-order valence-corrected chi connectivity index (χ1v) is 26.4. The predicted octanol–water partition coefficient (Wildman–Crippen LogP) is 7.39. The largest absolute Gasteiger partial charge is 0.466 e. The van der Waals surface area contributed by atoms with Gasteiger partial charge in [-0.1, -0.05) is 123 Å². The van der Waals surface area contributed by atoms with Crippen LogP contribution in [0.1, 0.15) is 213 Å². The fourth-order valence-corrected chi connectivity index (χ4v) is 7.44. The molecular weight excluding hydrogens is 853 g/mol. The van der Waals surface area contributed by atoms with Gasteiger partial charge in [0.05, 0.1) is 49.8 Å². The monoisotopic (exact) mass is 955 g/mol. The lowest BCUT2D eigenvalue weighted by Crippen LogP contribution is -2.39. The molecule has 15 heteroatoms. The van der Waals surface area contributed by atoms with E-state index in [0.717, 1.165) is 103 Å². The fraction of sp³-hybridized carbons (Fsp3) is 0.961. The van der Waals surface area contributed by atoms with Crippen LogP contribution in [-0.4, -0.2) is 155 Å². The van der Waals surface area contributed by atoms with Crippen LogP contribution in [0.2, 0.25) is 0 Å². The summed E-state index contributed by atoms with van der Waals surface area (Å²) in [6, 6.07) is 0. The number of aliphatic hydroxyl groups is 8. The third-order valence-electron chi connectivity index (χ3n) is 11.5. The fourth-order valence-electron chi connectivity index (χ4n) is 7.44. The Bertz CT molecular complexity index is 993. The molecule has 0 saturated carbocycles. The molecule has 0 amide bonds. The molecule has 0 saturated heterocycles. The minimum absolute atomic E-state index is 0.0129. The van der Waals surface area contributed by atoms with Crippen molar-refractivity contribution in [1.82, 2.24) is 0 Å². The molecule has 0 bridgehead atoms. The summed E-state index contributed by atoms with van der Waals surface area (Å²) in [6.07, 6.45) is 23.1. The van der Waals surface area contributed by atoms with E-state index in [1.165, 1.54) is 32.1 Å². The van der Waals surface area contributed by atoms with Crippen LogP contribution in [0.5, 0.6) is 0 Å². The number of ether oxygens (including phenoxy) is 5. The van der Waals surface area contributed by atoms with Crippen molar-refractivity contribution < 1.29 is 74.1 Å². The van der Waals surface area contributed by atoms with Crippen LogP contribution in [0.15, 0.2) is 0 Å². The van der Waals surface area contributed by atoms with Crippen molar-refractivity contribution in [3.05, 3.63) is 0 Å². The molecule has 66 heavy (non-hydrogen) atoms.